The lowest BCUT2D eigenvalue weighted by molar-refractivity contribution is 0.0561. The molecule has 2 aromatic rings. The number of carbonyl (C=O) groups is 2. The molecule has 158 valence electrons. The van der Waals surface area contributed by atoms with Crippen LogP contribution < -0.4 is 4.74 Å². The van der Waals surface area contributed by atoms with Crippen molar-refractivity contribution in [2.75, 3.05) is 53.1 Å². The summed E-state index contributed by atoms with van der Waals surface area (Å²) < 4.78 is 18.0. The Kier molecular flexibility index (Phi) is 6.98. The van der Waals surface area contributed by atoms with Crippen LogP contribution in [-0.2, 0) is 16.0 Å². The van der Waals surface area contributed by atoms with E-state index in [1.807, 2.05) is 35.8 Å². The summed E-state index contributed by atoms with van der Waals surface area (Å²) in [6, 6.07) is 7.74. The molecule has 0 unspecified atom stereocenters. The van der Waals surface area contributed by atoms with Crippen molar-refractivity contribution >= 4 is 22.9 Å². The Morgan fingerprint density at radius 3 is 2.41 bits per heavy atom. The number of methoxy groups -OCH3 is 1. The van der Waals surface area contributed by atoms with Crippen LogP contribution in [-0.4, -0.2) is 79.5 Å². The number of fused-ring (bicyclic) bond motifs is 1. The van der Waals surface area contributed by atoms with Gasteiger partial charge in [0.15, 0.2) is 0 Å². The number of nitrogens with zero attached hydrogens (tertiary/aromatic N) is 3. The van der Waals surface area contributed by atoms with Crippen LogP contribution >= 0.6 is 0 Å². The zero-order valence-corrected chi connectivity index (χ0v) is 17.3. The number of benzene rings is 1. The molecule has 1 aromatic heterocycles. The lowest BCUT2D eigenvalue weighted by Crippen LogP contribution is -2.51. The van der Waals surface area contributed by atoms with Crippen LogP contribution in [0.1, 0.15) is 24.3 Å². The van der Waals surface area contributed by atoms with Crippen LogP contribution in [0.3, 0.4) is 0 Å². The van der Waals surface area contributed by atoms with E-state index in [0.717, 1.165) is 16.7 Å². The number of ether oxygens (including phenoxy) is 3. The summed E-state index contributed by atoms with van der Waals surface area (Å²) in [7, 11) is 1.65. The second-order valence-electron chi connectivity index (χ2n) is 6.77. The second-order valence-corrected chi connectivity index (χ2v) is 6.77. The van der Waals surface area contributed by atoms with Gasteiger partial charge in [-0.15, -0.1) is 0 Å². The molecule has 8 heteroatoms. The third-order valence-corrected chi connectivity index (χ3v) is 5.04. The van der Waals surface area contributed by atoms with Gasteiger partial charge in [0.2, 0.25) is 0 Å². The van der Waals surface area contributed by atoms with Crippen LogP contribution in [0, 0.1) is 0 Å². The molecule has 29 heavy (non-hydrogen) atoms. The van der Waals surface area contributed by atoms with Crippen LogP contribution in [0.25, 0.3) is 10.9 Å². The molecule has 0 bridgehead atoms. The Balaban J connectivity index is 1.85. The monoisotopic (exact) mass is 403 g/mol. The van der Waals surface area contributed by atoms with Crippen molar-refractivity contribution in [1.29, 1.82) is 0 Å². The van der Waals surface area contributed by atoms with Gasteiger partial charge < -0.3 is 28.6 Å². The van der Waals surface area contributed by atoms with Crippen molar-refractivity contribution in [3.63, 3.8) is 0 Å². The highest BCUT2D eigenvalue weighted by Gasteiger charge is 2.28. The highest BCUT2D eigenvalue weighted by atomic mass is 16.6. The van der Waals surface area contributed by atoms with Gasteiger partial charge in [0.25, 0.3) is 5.91 Å². The fraction of sp³-hybridized carbons (Fsp3) is 0.524. The van der Waals surface area contributed by atoms with Crippen molar-refractivity contribution in [2.24, 2.45) is 0 Å². The number of piperazine rings is 1. The number of amides is 2. The average Bonchev–Trinajstić information content (AvgIpc) is 3.11. The normalized spacial score (nSPS) is 14.3. The van der Waals surface area contributed by atoms with E-state index in [1.165, 1.54) is 0 Å². The van der Waals surface area contributed by atoms with E-state index in [4.69, 9.17) is 14.2 Å². The zero-order valence-electron chi connectivity index (χ0n) is 17.3. The molecule has 0 N–H and O–H groups in total. The van der Waals surface area contributed by atoms with Gasteiger partial charge in [0.1, 0.15) is 11.4 Å². The summed E-state index contributed by atoms with van der Waals surface area (Å²) in [5.41, 5.74) is 1.55. The molecule has 1 aliphatic rings. The summed E-state index contributed by atoms with van der Waals surface area (Å²) in [6.07, 6.45) is -0.324. The van der Waals surface area contributed by atoms with Crippen molar-refractivity contribution in [2.45, 2.75) is 20.4 Å². The second kappa shape index (κ2) is 9.65. The van der Waals surface area contributed by atoms with E-state index < -0.39 is 0 Å². The van der Waals surface area contributed by atoms with Crippen LogP contribution in [0.4, 0.5) is 4.79 Å². The van der Waals surface area contributed by atoms with Crippen molar-refractivity contribution in [3.05, 3.63) is 30.0 Å². The highest BCUT2D eigenvalue weighted by molar-refractivity contribution is 6.00. The molecule has 0 saturated carbocycles. The molecular weight excluding hydrogens is 374 g/mol. The molecule has 1 aromatic carbocycles. The lowest BCUT2D eigenvalue weighted by Gasteiger charge is -2.34. The van der Waals surface area contributed by atoms with E-state index in [-0.39, 0.29) is 12.0 Å². The first-order valence-electron chi connectivity index (χ1n) is 10.1. The Labute approximate surface area is 170 Å². The molecule has 2 amide bonds. The molecule has 1 saturated heterocycles. The number of hydrogen-bond donors (Lipinski definition) is 0. The van der Waals surface area contributed by atoms with Crippen LogP contribution in [0.15, 0.2) is 24.3 Å². The van der Waals surface area contributed by atoms with Gasteiger partial charge in [0.05, 0.1) is 25.3 Å². The predicted octanol–water partition coefficient (Wildman–Crippen LogP) is 2.60. The maximum absolute atomic E-state index is 13.3. The van der Waals surface area contributed by atoms with Gasteiger partial charge in [-0.1, -0.05) is 6.07 Å². The maximum Gasteiger partial charge on any atom is 0.409 e. The summed E-state index contributed by atoms with van der Waals surface area (Å²) in [5, 5.41) is 0.916. The Morgan fingerprint density at radius 2 is 1.76 bits per heavy atom. The summed E-state index contributed by atoms with van der Waals surface area (Å²) in [4.78, 5) is 28.6. The third kappa shape index (κ3) is 4.48. The first-order chi connectivity index (χ1) is 14.1. The van der Waals surface area contributed by atoms with E-state index in [0.29, 0.717) is 58.2 Å². The van der Waals surface area contributed by atoms with E-state index in [1.54, 1.807) is 23.8 Å². The van der Waals surface area contributed by atoms with Crippen molar-refractivity contribution in [1.82, 2.24) is 14.4 Å². The minimum absolute atomic E-state index is 0.0525. The molecule has 0 aliphatic carbocycles. The molecule has 0 atom stereocenters. The first-order valence-corrected chi connectivity index (χ1v) is 10.1. The van der Waals surface area contributed by atoms with Gasteiger partial charge in [-0.25, -0.2) is 4.79 Å². The van der Waals surface area contributed by atoms with Gasteiger partial charge in [-0.05, 0) is 32.0 Å². The smallest absolute Gasteiger partial charge is 0.409 e. The Morgan fingerprint density at radius 1 is 1.03 bits per heavy atom. The van der Waals surface area contributed by atoms with Crippen molar-refractivity contribution < 1.29 is 23.8 Å². The summed E-state index contributed by atoms with van der Waals surface area (Å²) in [6.45, 7) is 7.58. The van der Waals surface area contributed by atoms with E-state index in [2.05, 4.69) is 0 Å². The number of rotatable bonds is 7. The van der Waals surface area contributed by atoms with Gasteiger partial charge >= 0.3 is 6.09 Å². The third-order valence-electron chi connectivity index (χ3n) is 5.04. The molecule has 1 fully saturated rings. The Hall–Kier alpha value is -2.74. The molecule has 0 spiro atoms. The predicted molar refractivity (Wildman–Crippen MR) is 109 cm³/mol. The molecule has 3 rings (SSSR count). The largest absolute Gasteiger partial charge is 0.493 e. The molecular formula is C21H29N3O5. The quantitative estimate of drug-likeness (QED) is 0.711. The fourth-order valence-corrected chi connectivity index (χ4v) is 3.61. The molecule has 2 heterocycles. The summed E-state index contributed by atoms with van der Waals surface area (Å²) >= 11 is 0. The van der Waals surface area contributed by atoms with Crippen LogP contribution in [0.2, 0.25) is 0 Å². The first kappa shape index (κ1) is 21.0. The van der Waals surface area contributed by atoms with Gasteiger partial charge in [0, 0.05) is 45.2 Å². The average molecular weight is 403 g/mol. The molecule has 8 nitrogen and oxygen atoms in total. The maximum atomic E-state index is 13.3. The minimum atomic E-state index is -0.324. The number of aromatic nitrogens is 1. The fourth-order valence-electron chi connectivity index (χ4n) is 3.61. The number of carbonyl (C=O) groups excluding carboxylic acids is 2. The Bertz CT molecular complexity index is 855. The topological polar surface area (TPSA) is 73.2 Å². The lowest BCUT2D eigenvalue weighted by atomic mass is 10.2. The highest BCUT2D eigenvalue weighted by Crippen LogP contribution is 2.30. The number of hydrogen-bond acceptors (Lipinski definition) is 5. The van der Waals surface area contributed by atoms with Gasteiger partial charge in [-0.3, -0.25) is 4.79 Å². The van der Waals surface area contributed by atoms with Crippen LogP contribution in [0.5, 0.6) is 5.75 Å². The van der Waals surface area contributed by atoms with E-state index in [9.17, 15) is 9.59 Å². The summed E-state index contributed by atoms with van der Waals surface area (Å²) in [5.74, 6) is 0.714. The zero-order chi connectivity index (χ0) is 20.8. The van der Waals surface area contributed by atoms with Crippen molar-refractivity contribution in [3.8, 4) is 5.75 Å². The molecule has 1 aliphatic heterocycles. The molecule has 0 radical (unpaired) electrons. The standard InChI is InChI=1S/C21H29N3O5/c1-4-28-19-8-6-7-17-16(19)15-18(24(17)13-14-27-3)20(25)22-9-11-23(12-10-22)21(26)29-5-2/h6-8,15H,4-5,9-14H2,1-3H3. The van der Waals surface area contributed by atoms with Gasteiger partial charge in [-0.2, -0.15) is 0 Å². The van der Waals surface area contributed by atoms with E-state index >= 15 is 0 Å². The SMILES string of the molecule is CCOC(=O)N1CCN(C(=O)c2cc3c(OCC)cccc3n2CCOC)CC1. The minimum Gasteiger partial charge on any atom is -0.493 e.